The molecule has 1 aliphatic heterocycles. The van der Waals surface area contributed by atoms with Crippen molar-refractivity contribution in [1.29, 1.82) is 0 Å². The van der Waals surface area contributed by atoms with Crippen molar-refractivity contribution in [2.75, 3.05) is 20.2 Å². The fourth-order valence-electron chi connectivity index (χ4n) is 4.27. The average Bonchev–Trinajstić information content (AvgIpc) is 3.19. The maximum absolute atomic E-state index is 12.3. The molecule has 4 nitrogen and oxygen atoms in total. The van der Waals surface area contributed by atoms with E-state index in [4.69, 9.17) is 4.74 Å². The maximum Gasteiger partial charge on any atom is 0.220 e. The number of rotatable bonds is 8. The first kappa shape index (κ1) is 20.9. The summed E-state index contributed by atoms with van der Waals surface area (Å²) in [4.78, 5) is 16.3. The van der Waals surface area contributed by atoms with Gasteiger partial charge in [-0.3, -0.25) is 9.69 Å². The molecule has 1 saturated heterocycles. The van der Waals surface area contributed by atoms with Crippen molar-refractivity contribution in [3.63, 3.8) is 0 Å². The van der Waals surface area contributed by atoms with Gasteiger partial charge in [0.2, 0.25) is 5.91 Å². The van der Waals surface area contributed by atoms with Gasteiger partial charge in [-0.15, -0.1) is 11.3 Å². The molecule has 0 radical (unpaired) electrons. The molecule has 1 amide bonds. The standard InChI is InChI=1S/C25H30N2O2S/c1-29-22-9-4-6-20(14-22)16-26-25(28)12-11-19-7-5-13-27(17-19)18-23-15-21-8-2-3-10-24(21)30-23/h2-4,6,8-10,14-15,19H,5,7,11-13,16-18H2,1H3,(H,26,28). The van der Waals surface area contributed by atoms with Crippen LogP contribution in [0.1, 0.15) is 36.1 Å². The van der Waals surface area contributed by atoms with Gasteiger partial charge in [-0.05, 0) is 66.9 Å². The lowest BCUT2D eigenvalue weighted by Gasteiger charge is -2.32. The molecule has 2 aromatic carbocycles. The topological polar surface area (TPSA) is 41.6 Å². The molecule has 1 atom stereocenters. The molecule has 2 heterocycles. The summed E-state index contributed by atoms with van der Waals surface area (Å²) in [5.74, 6) is 1.57. The number of amides is 1. The van der Waals surface area contributed by atoms with Crippen LogP contribution >= 0.6 is 11.3 Å². The zero-order chi connectivity index (χ0) is 20.8. The van der Waals surface area contributed by atoms with Crippen molar-refractivity contribution < 1.29 is 9.53 Å². The van der Waals surface area contributed by atoms with Gasteiger partial charge in [0.05, 0.1) is 7.11 Å². The number of thiophene rings is 1. The second-order valence-electron chi connectivity index (χ2n) is 8.16. The van der Waals surface area contributed by atoms with Gasteiger partial charge in [-0.1, -0.05) is 30.3 Å². The summed E-state index contributed by atoms with van der Waals surface area (Å²) >= 11 is 1.90. The molecular formula is C25H30N2O2S. The predicted octanol–water partition coefficient (Wildman–Crippen LogP) is 5.22. The number of nitrogens with zero attached hydrogens (tertiary/aromatic N) is 1. The summed E-state index contributed by atoms with van der Waals surface area (Å²) in [6.45, 7) is 3.83. The summed E-state index contributed by atoms with van der Waals surface area (Å²) < 4.78 is 6.61. The summed E-state index contributed by atoms with van der Waals surface area (Å²) in [5.41, 5.74) is 1.06. The second kappa shape index (κ2) is 10.1. The number of methoxy groups -OCH3 is 1. The Kier molecular flexibility index (Phi) is 7.03. The van der Waals surface area contributed by atoms with Gasteiger partial charge in [0.15, 0.2) is 0 Å². The number of piperidine rings is 1. The molecule has 1 unspecified atom stereocenters. The number of carbonyl (C=O) groups excluding carboxylic acids is 1. The van der Waals surface area contributed by atoms with Crippen LogP contribution < -0.4 is 10.1 Å². The van der Waals surface area contributed by atoms with Crippen LogP contribution in [-0.4, -0.2) is 31.0 Å². The van der Waals surface area contributed by atoms with Crippen molar-refractivity contribution in [3.05, 3.63) is 65.0 Å². The highest BCUT2D eigenvalue weighted by molar-refractivity contribution is 7.19. The first-order chi connectivity index (χ1) is 14.7. The Hall–Kier alpha value is -2.37. The molecule has 0 saturated carbocycles. The zero-order valence-electron chi connectivity index (χ0n) is 17.6. The summed E-state index contributed by atoms with van der Waals surface area (Å²) in [5, 5.41) is 4.40. The number of ether oxygens (including phenoxy) is 1. The van der Waals surface area contributed by atoms with Crippen LogP contribution in [-0.2, 0) is 17.9 Å². The van der Waals surface area contributed by atoms with Crippen LogP contribution in [0.4, 0.5) is 0 Å². The monoisotopic (exact) mass is 422 g/mol. The second-order valence-corrected chi connectivity index (χ2v) is 9.33. The molecule has 1 fully saturated rings. The SMILES string of the molecule is COc1cccc(CNC(=O)CCC2CCCN(Cc3cc4ccccc4s3)C2)c1. The van der Waals surface area contributed by atoms with Crippen molar-refractivity contribution >= 4 is 27.3 Å². The minimum absolute atomic E-state index is 0.138. The smallest absolute Gasteiger partial charge is 0.220 e. The quantitative estimate of drug-likeness (QED) is 0.541. The predicted molar refractivity (Wildman–Crippen MR) is 124 cm³/mol. The maximum atomic E-state index is 12.3. The van der Waals surface area contributed by atoms with Gasteiger partial charge in [0.25, 0.3) is 0 Å². The lowest BCUT2D eigenvalue weighted by atomic mass is 9.93. The van der Waals surface area contributed by atoms with E-state index in [0.717, 1.165) is 37.4 Å². The van der Waals surface area contributed by atoms with Gasteiger partial charge in [0, 0.05) is 35.6 Å². The minimum Gasteiger partial charge on any atom is -0.497 e. The Bertz CT molecular complexity index is 951. The molecule has 1 N–H and O–H groups in total. The highest BCUT2D eigenvalue weighted by Crippen LogP contribution is 2.28. The molecule has 1 aromatic heterocycles. The van der Waals surface area contributed by atoms with Crippen LogP contribution in [0.5, 0.6) is 5.75 Å². The highest BCUT2D eigenvalue weighted by Gasteiger charge is 2.21. The van der Waals surface area contributed by atoms with Crippen molar-refractivity contribution in [2.24, 2.45) is 5.92 Å². The number of hydrogen-bond donors (Lipinski definition) is 1. The third-order valence-electron chi connectivity index (χ3n) is 5.86. The van der Waals surface area contributed by atoms with Crippen molar-refractivity contribution in [1.82, 2.24) is 10.2 Å². The van der Waals surface area contributed by atoms with E-state index in [9.17, 15) is 4.79 Å². The van der Waals surface area contributed by atoms with Gasteiger partial charge in [-0.2, -0.15) is 0 Å². The van der Waals surface area contributed by atoms with E-state index >= 15 is 0 Å². The third kappa shape index (κ3) is 5.61. The zero-order valence-corrected chi connectivity index (χ0v) is 18.4. The van der Waals surface area contributed by atoms with Crippen LogP contribution in [0.25, 0.3) is 10.1 Å². The number of likely N-dealkylation sites (tertiary alicyclic amines) is 1. The van der Waals surface area contributed by atoms with E-state index in [1.54, 1.807) is 7.11 Å². The van der Waals surface area contributed by atoms with Gasteiger partial charge >= 0.3 is 0 Å². The van der Waals surface area contributed by atoms with Crippen molar-refractivity contribution in [3.8, 4) is 5.75 Å². The first-order valence-corrected chi connectivity index (χ1v) is 11.6. The lowest BCUT2D eigenvalue weighted by molar-refractivity contribution is -0.121. The third-order valence-corrected chi connectivity index (χ3v) is 6.96. The van der Waals surface area contributed by atoms with E-state index in [0.29, 0.717) is 18.9 Å². The molecule has 30 heavy (non-hydrogen) atoms. The van der Waals surface area contributed by atoms with Crippen molar-refractivity contribution in [2.45, 2.75) is 38.8 Å². The average molecular weight is 423 g/mol. The number of fused-ring (bicyclic) bond motifs is 1. The van der Waals surface area contributed by atoms with Crippen LogP contribution in [0, 0.1) is 5.92 Å². The van der Waals surface area contributed by atoms with E-state index in [2.05, 4.69) is 40.5 Å². The fourth-order valence-corrected chi connectivity index (χ4v) is 5.38. The van der Waals surface area contributed by atoms with Gasteiger partial charge in [0.1, 0.15) is 5.75 Å². The molecule has 5 heteroatoms. The molecule has 4 rings (SSSR count). The van der Waals surface area contributed by atoms with E-state index in [-0.39, 0.29) is 5.91 Å². The Morgan fingerprint density at radius 2 is 2.10 bits per heavy atom. The summed E-state index contributed by atoms with van der Waals surface area (Å²) in [6.07, 6.45) is 4.02. The molecule has 0 spiro atoms. The largest absolute Gasteiger partial charge is 0.497 e. The number of nitrogens with one attached hydrogen (secondary N) is 1. The molecule has 158 valence electrons. The Morgan fingerprint density at radius 3 is 2.97 bits per heavy atom. The summed E-state index contributed by atoms with van der Waals surface area (Å²) in [7, 11) is 1.66. The lowest BCUT2D eigenvalue weighted by Crippen LogP contribution is -2.35. The Labute approximate surface area is 182 Å². The molecule has 0 bridgehead atoms. The molecular weight excluding hydrogens is 392 g/mol. The summed E-state index contributed by atoms with van der Waals surface area (Å²) in [6, 6.07) is 18.8. The van der Waals surface area contributed by atoms with Gasteiger partial charge in [-0.25, -0.2) is 0 Å². The molecule has 3 aromatic rings. The number of carbonyl (C=O) groups is 1. The minimum atomic E-state index is 0.138. The normalized spacial score (nSPS) is 17.2. The highest BCUT2D eigenvalue weighted by atomic mass is 32.1. The fraction of sp³-hybridized carbons (Fsp3) is 0.400. The number of hydrogen-bond acceptors (Lipinski definition) is 4. The van der Waals surface area contributed by atoms with E-state index in [1.807, 2.05) is 35.6 Å². The van der Waals surface area contributed by atoms with Crippen LogP contribution in [0.15, 0.2) is 54.6 Å². The Balaban J connectivity index is 1.22. The molecule has 0 aliphatic carbocycles. The van der Waals surface area contributed by atoms with E-state index < -0.39 is 0 Å². The molecule has 1 aliphatic rings. The first-order valence-electron chi connectivity index (χ1n) is 10.8. The van der Waals surface area contributed by atoms with E-state index in [1.165, 1.54) is 27.8 Å². The number of benzene rings is 2. The Morgan fingerprint density at radius 1 is 1.20 bits per heavy atom. The van der Waals surface area contributed by atoms with Gasteiger partial charge < -0.3 is 10.1 Å². The van der Waals surface area contributed by atoms with Crippen LogP contribution in [0.2, 0.25) is 0 Å². The van der Waals surface area contributed by atoms with Crippen LogP contribution in [0.3, 0.4) is 0 Å².